The molecule has 164 valence electrons. The number of carbonyl (C=O) groups is 2. The van der Waals surface area contributed by atoms with Crippen molar-refractivity contribution in [3.8, 4) is 0 Å². The zero-order valence-electron chi connectivity index (χ0n) is 17.0. The van der Waals surface area contributed by atoms with Crippen LogP contribution in [0.4, 0.5) is 5.82 Å². The molecule has 0 radical (unpaired) electrons. The lowest BCUT2D eigenvalue weighted by molar-refractivity contribution is -0.139. The van der Waals surface area contributed by atoms with Crippen LogP contribution in [0.25, 0.3) is 0 Å². The summed E-state index contributed by atoms with van der Waals surface area (Å²) >= 11 is 12.0. The van der Waals surface area contributed by atoms with Gasteiger partial charge >= 0.3 is 5.97 Å². The fourth-order valence-corrected chi connectivity index (χ4v) is 3.97. The summed E-state index contributed by atoms with van der Waals surface area (Å²) in [4.78, 5) is 34.9. The second-order valence-electron chi connectivity index (χ2n) is 7.52. The van der Waals surface area contributed by atoms with Crippen LogP contribution in [-0.2, 0) is 24.2 Å². The Kier molecular flexibility index (Phi) is 6.58. The van der Waals surface area contributed by atoms with Gasteiger partial charge in [0.05, 0.1) is 0 Å². The molecule has 0 spiro atoms. The van der Waals surface area contributed by atoms with Gasteiger partial charge in [-0.2, -0.15) is 0 Å². The number of aromatic nitrogens is 2. The van der Waals surface area contributed by atoms with Crippen molar-refractivity contribution in [2.75, 3.05) is 11.4 Å². The summed E-state index contributed by atoms with van der Waals surface area (Å²) in [5.41, 5.74) is 3.22. The summed E-state index contributed by atoms with van der Waals surface area (Å²) in [6, 6.07) is 15.4. The van der Waals surface area contributed by atoms with Gasteiger partial charge in [-0.05, 0) is 46.8 Å². The van der Waals surface area contributed by atoms with E-state index in [0.717, 1.165) is 18.5 Å². The van der Waals surface area contributed by atoms with Crippen LogP contribution in [0.5, 0.6) is 0 Å². The van der Waals surface area contributed by atoms with E-state index in [2.05, 4.69) is 27.4 Å². The molecule has 0 saturated carbocycles. The fourth-order valence-electron chi connectivity index (χ4n) is 3.66. The van der Waals surface area contributed by atoms with Crippen LogP contribution in [0, 0.1) is 0 Å². The summed E-state index contributed by atoms with van der Waals surface area (Å²) in [5, 5.41) is 12.6. The lowest BCUT2D eigenvalue weighted by Gasteiger charge is -2.30. The molecule has 1 aromatic heterocycles. The van der Waals surface area contributed by atoms with Crippen LogP contribution in [0.1, 0.15) is 27.2 Å². The Bertz CT molecular complexity index is 1150. The van der Waals surface area contributed by atoms with Crippen molar-refractivity contribution < 1.29 is 14.7 Å². The Morgan fingerprint density at radius 2 is 1.78 bits per heavy atom. The lowest BCUT2D eigenvalue weighted by atomic mass is 10.00. The van der Waals surface area contributed by atoms with Crippen molar-refractivity contribution in [2.24, 2.45) is 0 Å². The van der Waals surface area contributed by atoms with Crippen molar-refractivity contribution in [2.45, 2.75) is 25.4 Å². The molecule has 1 atom stereocenters. The third kappa shape index (κ3) is 5.18. The number of aliphatic carboxylic acids is 1. The zero-order chi connectivity index (χ0) is 22.7. The van der Waals surface area contributed by atoms with Crippen molar-refractivity contribution in [3.63, 3.8) is 0 Å². The monoisotopic (exact) mass is 470 g/mol. The quantitative estimate of drug-likeness (QED) is 0.532. The standard InChI is InChI=1S/C23H20Cl2N4O3/c24-17-7-5-14(6-8-17)11-19(22(31)32)26-21(30)18-12-20(28-23(25)27-18)29-10-9-15-3-1-2-4-16(15)13-29/h1-8,12,19H,9-11,13H2,(H,26,30)(H,31,32)/t19-/m1/s1. The highest BCUT2D eigenvalue weighted by atomic mass is 35.5. The van der Waals surface area contributed by atoms with Crippen LogP contribution in [0.3, 0.4) is 0 Å². The molecule has 1 amide bonds. The number of hydrogen-bond donors (Lipinski definition) is 2. The molecule has 4 rings (SSSR count). The number of carboxylic acids is 1. The highest BCUT2D eigenvalue weighted by Crippen LogP contribution is 2.24. The van der Waals surface area contributed by atoms with E-state index in [1.54, 1.807) is 24.3 Å². The van der Waals surface area contributed by atoms with Crippen molar-refractivity contribution >= 4 is 40.9 Å². The van der Waals surface area contributed by atoms with Gasteiger partial charge in [0.2, 0.25) is 5.28 Å². The van der Waals surface area contributed by atoms with Crippen LogP contribution >= 0.6 is 23.2 Å². The van der Waals surface area contributed by atoms with Crippen LogP contribution < -0.4 is 10.2 Å². The average Bonchev–Trinajstić information content (AvgIpc) is 2.79. The van der Waals surface area contributed by atoms with Crippen molar-refractivity contribution in [1.82, 2.24) is 15.3 Å². The number of rotatable bonds is 6. The highest BCUT2D eigenvalue weighted by Gasteiger charge is 2.24. The molecule has 3 aromatic rings. The van der Waals surface area contributed by atoms with Gasteiger partial charge < -0.3 is 15.3 Å². The van der Waals surface area contributed by atoms with E-state index in [1.807, 2.05) is 17.0 Å². The fraction of sp³-hybridized carbons (Fsp3) is 0.217. The minimum absolute atomic E-state index is 0.0150. The van der Waals surface area contributed by atoms with Crippen molar-refractivity contribution in [1.29, 1.82) is 0 Å². The van der Waals surface area contributed by atoms with Gasteiger partial charge in [-0.25, -0.2) is 14.8 Å². The number of anilines is 1. The number of halogens is 2. The number of hydrogen-bond acceptors (Lipinski definition) is 5. The molecule has 2 heterocycles. The third-order valence-electron chi connectivity index (χ3n) is 5.33. The number of benzene rings is 2. The first-order valence-corrected chi connectivity index (χ1v) is 10.8. The number of carboxylic acid groups (broad SMARTS) is 1. The van der Waals surface area contributed by atoms with Crippen LogP contribution in [0.15, 0.2) is 54.6 Å². The van der Waals surface area contributed by atoms with Gasteiger partial charge in [0.15, 0.2) is 0 Å². The SMILES string of the molecule is O=C(N[C@H](Cc1ccc(Cl)cc1)C(=O)O)c1cc(N2CCc3ccccc3C2)nc(Cl)n1. The van der Waals surface area contributed by atoms with Gasteiger partial charge in [-0.1, -0.05) is 48.0 Å². The summed E-state index contributed by atoms with van der Waals surface area (Å²) < 4.78 is 0. The molecule has 0 bridgehead atoms. The molecule has 1 aliphatic heterocycles. The molecule has 1 aliphatic rings. The molecule has 9 heteroatoms. The Labute approximate surface area is 195 Å². The molecule has 32 heavy (non-hydrogen) atoms. The molecule has 0 unspecified atom stereocenters. The summed E-state index contributed by atoms with van der Waals surface area (Å²) in [6.07, 6.45) is 0.953. The molecule has 0 fully saturated rings. The van der Waals surface area contributed by atoms with Gasteiger partial charge in [0, 0.05) is 30.6 Å². The van der Waals surface area contributed by atoms with E-state index in [0.29, 0.717) is 17.4 Å². The largest absolute Gasteiger partial charge is 0.480 e. The first-order chi connectivity index (χ1) is 15.4. The Morgan fingerprint density at radius 3 is 2.50 bits per heavy atom. The average molecular weight is 471 g/mol. The van der Waals surface area contributed by atoms with E-state index in [9.17, 15) is 14.7 Å². The molecular formula is C23H20Cl2N4O3. The first kappa shape index (κ1) is 22.0. The molecule has 2 N–H and O–H groups in total. The first-order valence-electron chi connectivity index (χ1n) is 10.0. The van der Waals surface area contributed by atoms with Gasteiger partial charge in [-0.15, -0.1) is 0 Å². The van der Waals surface area contributed by atoms with Gasteiger partial charge in [-0.3, -0.25) is 4.79 Å². The van der Waals surface area contributed by atoms with E-state index < -0.39 is 17.9 Å². The maximum absolute atomic E-state index is 12.8. The van der Waals surface area contributed by atoms with E-state index in [4.69, 9.17) is 23.2 Å². The third-order valence-corrected chi connectivity index (χ3v) is 5.75. The summed E-state index contributed by atoms with van der Waals surface area (Å²) in [7, 11) is 0. The van der Waals surface area contributed by atoms with Crippen LogP contribution in [-0.4, -0.2) is 39.5 Å². The number of nitrogens with zero attached hydrogens (tertiary/aromatic N) is 3. The van der Waals surface area contributed by atoms with E-state index >= 15 is 0 Å². The number of amides is 1. The Hall–Kier alpha value is -3.16. The highest BCUT2D eigenvalue weighted by molar-refractivity contribution is 6.30. The maximum Gasteiger partial charge on any atom is 0.326 e. The smallest absolute Gasteiger partial charge is 0.326 e. The molecule has 7 nitrogen and oxygen atoms in total. The minimum atomic E-state index is -1.15. The summed E-state index contributed by atoms with van der Waals surface area (Å²) in [6.45, 7) is 1.36. The Balaban J connectivity index is 1.51. The lowest BCUT2D eigenvalue weighted by Crippen LogP contribution is -2.42. The van der Waals surface area contributed by atoms with Crippen LogP contribution in [0.2, 0.25) is 10.3 Å². The second-order valence-corrected chi connectivity index (χ2v) is 8.29. The second kappa shape index (κ2) is 9.54. The number of fused-ring (bicyclic) bond motifs is 1. The minimum Gasteiger partial charge on any atom is -0.480 e. The van der Waals surface area contributed by atoms with E-state index in [-0.39, 0.29) is 17.4 Å². The van der Waals surface area contributed by atoms with Crippen molar-refractivity contribution in [3.05, 3.63) is 87.3 Å². The van der Waals surface area contributed by atoms with E-state index in [1.165, 1.54) is 17.2 Å². The molecule has 0 aliphatic carbocycles. The Morgan fingerprint density at radius 1 is 1.06 bits per heavy atom. The predicted octanol–water partition coefficient (Wildman–Crippen LogP) is 3.77. The zero-order valence-corrected chi connectivity index (χ0v) is 18.5. The number of carbonyl (C=O) groups excluding carboxylic acids is 1. The number of nitrogens with one attached hydrogen (secondary N) is 1. The van der Waals surface area contributed by atoms with Gasteiger partial charge in [0.25, 0.3) is 5.91 Å². The predicted molar refractivity (Wildman–Crippen MR) is 122 cm³/mol. The topological polar surface area (TPSA) is 95.4 Å². The summed E-state index contributed by atoms with van der Waals surface area (Å²) in [5.74, 6) is -1.26. The molecule has 2 aromatic carbocycles. The normalized spacial score (nSPS) is 13.9. The molecular weight excluding hydrogens is 451 g/mol. The molecule has 0 saturated heterocycles. The maximum atomic E-state index is 12.8. The van der Waals surface area contributed by atoms with Gasteiger partial charge in [0.1, 0.15) is 17.6 Å².